The molecule has 18 heavy (non-hydrogen) atoms. The number of oxazole rings is 1. The van der Waals surface area contributed by atoms with Crippen LogP contribution in [0.1, 0.15) is 13.8 Å². The number of rotatable bonds is 4. The molecule has 0 saturated carbocycles. The summed E-state index contributed by atoms with van der Waals surface area (Å²) in [6, 6.07) is 6.99. The highest BCUT2D eigenvalue weighted by Crippen LogP contribution is 2.16. The SMILES string of the molecule is COC(C)(C)C(N)Cn1c(=O)oc2ccccc21. The highest BCUT2D eigenvalue weighted by molar-refractivity contribution is 5.72. The van der Waals surface area contributed by atoms with Crippen LogP contribution < -0.4 is 11.5 Å². The number of ether oxygens (including phenoxy) is 1. The molecule has 0 saturated heterocycles. The molecule has 1 atom stereocenters. The zero-order valence-corrected chi connectivity index (χ0v) is 10.8. The summed E-state index contributed by atoms with van der Waals surface area (Å²) in [6.45, 7) is 4.15. The van der Waals surface area contributed by atoms with Crippen molar-refractivity contribution < 1.29 is 9.15 Å². The molecular weight excluding hydrogens is 232 g/mol. The average molecular weight is 250 g/mol. The van der Waals surface area contributed by atoms with Gasteiger partial charge in [0.1, 0.15) is 0 Å². The van der Waals surface area contributed by atoms with Gasteiger partial charge < -0.3 is 14.9 Å². The number of nitrogens with zero attached hydrogens (tertiary/aromatic N) is 1. The summed E-state index contributed by atoms with van der Waals surface area (Å²) >= 11 is 0. The first-order chi connectivity index (χ1) is 8.45. The fourth-order valence-electron chi connectivity index (χ4n) is 1.75. The van der Waals surface area contributed by atoms with Crippen LogP contribution in [0.5, 0.6) is 0 Å². The molecule has 0 aliphatic heterocycles. The third kappa shape index (κ3) is 2.19. The van der Waals surface area contributed by atoms with E-state index in [1.165, 1.54) is 0 Å². The maximum absolute atomic E-state index is 11.8. The van der Waals surface area contributed by atoms with E-state index < -0.39 is 11.4 Å². The molecule has 1 aromatic carbocycles. The fraction of sp³-hybridized carbons (Fsp3) is 0.462. The Morgan fingerprint density at radius 1 is 1.44 bits per heavy atom. The molecule has 0 fully saturated rings. The minimum atomic E-state index is -0.502. The van der Waals surface area contributed by atoms with Gasteiger partial charge in [-0.25, -0.2) is 4.79 Å². The smallest absolute Gasteiger partial charge is 0.408 e. The molecule has 1 unspecified atom stereocenters. The predicted octanol–water partition coefficient (Wildman–Crippen LogP) is 1.35. The molecule has 0 radical (unpaired) electrons. The Morgan fingerprint density at radius 2 is 2.11 bits per heavy atom. The first kappa shape index (κ1) is 12.9. The van der Waals surface area contributed by atoms with Gasteiger partial charge in [-0.1, -0.05) is 12.1 Å². The Morgan fingerprint density at radius 3 is 2.78 bits per heavy atom. The van der Waals surface area contributed by atoms with E-state index in [-0.39, 0.29) is 6.04 Å². The zero-order valence-electron chi connectivity index (χ0n) is 10.8. The van der Waals surface area contributed by atoms with Gasteiger partial charge in [0.25, 0.3) is 0 Å². The minimum absolute atomic E-state index is 0.304. The second kappa shape index (κ2) is 4.59. The normalized spacial score (nSPS) is 14.0. The van der Waals surface area contributed by atoms with Crippen LogP contribution in [0.15, 0.2) is 33.5 Å². The van der Waals surface area contributed by atoms with Crippen molar-refractivity contribution in [1.82, 2.24) is 4.57 Å². The molecule has 0 aliphatic rings. The summed E-state index contributed by atoms with van der Waals surface area (Å²) in [4.78, 5) is 11.8. The van der Waals surface area contributed by atoms with E-state index in [0.717, 1.165) is 5.52 Å². The zero-order chi connectivity index (χ0) is 13.3. The van der Waals surface area contributed by atoms with Crippen molar-refractivity contribution in [2.24, 2.45) is 5.73 Å². The third-order valence-corrected chi connectivity index (χ3v) is 3.37. The highest BCUT2D eigenvalue weighted by atomic mass is 16.5. The predicted molar refractivity (Wildman–Crippen MR) is 69.5 cm³/mol. The Bertz CT molecular complexity index is 598. The number of hydrogen-bond acceptors (Lipinski definition) is 4. The number of benzene rings is 1. The summed E-state index contributed by atoms with van der Waals surface area (Å²) in [6.07, 6.45) is 0. The number of para-hydroxylation sites is 2. The minimum Gasteiger partial charge on any atom is -0.408 e. The lowest BCUT2D eigenvalue weighted by Crippen LogP contribution is -2.48. The molecule has 0 bridgehead atoms. The number of fused-ring (bicyclic) bond motifs is 1. The van der Waals surface area contributed by atoms with Crippen LogP contribution in [-0.4, -0.2) is 23.3 Å². The lowest BCUT2D eigenvalue weighted by atomic mass is 9.99. The molecule has 2 rings (SSSR count). The van der Waals surface area contributed by atoms with Gasteiger partial charge in [0.05, 0.1) is 17.2 Å². The van der Waals surface area contributed by atoms with Crippen LogP contribution in [-0.2, 0) is 11.3 Å². The molecule has 2 N–H and O–H groups in total. The number of hydrogen-bond donors (Lipinski definition) is 1. The monoisotopic (exact) mass is 250 g/mol. The first-order valence-electron chi connectivity index (χ1n) is 5.85. The van der Waals surface area contributed by atoms with Crippen LogP contribution in [0.25, 0.3) is 11.1 Å². The lowest BCUT2D eigenvalue weighted by Gasteiger charge is -2.30. The molecular formula is C13H18N2O3. The van der Waals surface area contributed by atoms with E-state index in [1.807, 2.05) is 32.0 Å². The van der Waals surface area contributed by atoms with E-state index in [2.05, 4.69) is 0 Å². The molecule has 0 aliphatic carbocycles. The average Bonchev–Trinajstić information content (AvgIpc) is 2.66. The second-order valence-electron chi connectivity index (χ2n) is 4.86. The van der Waals surface area contributed by atoms with Crippen LogP contribution >= 0.6 is 0 Å². The van der Waals surface area contributed by atoms with Crippen molar-refractivity contribution >= 4 is 11.1 Å². The van der Waals surface area contributed by atoms with Crippen molar-refractivity contribution in [3.8, 4) is 0 Å². The highest BCUT2D eigenvalue weighted by Gasteiger charge is 2.27. The topological polar surface area (TPSA) is 70.4 Å². The van der Waals surface area contributed by atoms with Gasteiger partial charge in [0.2, 0.25) is 0 Å². The quantitative estimate of drug-likeness (QED) is 0.889. The molecule has 1 heterocycles. The van der Waals surface area contributed by atoms with Gasteiger partial charge in [-0.3, -0.25) is 4.57 Å². The Labute approximate surface area is 105 Å². The fourth-order valence-corrected chi connectivity index (χ4v) is 1.75. The lowest BCUT2D eigenvalue weighted by molar-refractivity contribution is -0.00374. The Hall–Kier alpha value is -1.59. The van der Waals surface area contributed by atoms with Gasteiger partial charge in [0.15, 0.2) is 5.58 Å². The van der Waals surface area contributed by atoms with Crippen molar-refractivity contribution in [2.45, 2.75) is 32.0 Å². The van der Waals surface area contributed by atoms with E-state index >= 15 is 0 Å². The van der Waals surface area contributed by atoms with E-state index in [4.69, 9.17) is 14.9 Å². The number of aromatic nitrogens is 1. The molecule has 98 valence electrons. The van der Waals surface area contributed by atoms with Crippen LogP contribution in [0.4, 0.5) is 0 Å². The molecule has 5 nitrogen and oxygen atoms in total. The maximum Gasteiger partial charge on any atom is 0.420 e. The van der Waals surface area contributed by atoms with Gasteiger partial charge in [-0.2, -0.15) is 0 Å². The van der Waals surface area contributed by atoms with Gasteiger partial charge >= 0.3 is 5.76 Å². The largest absolute Gasteiger partial charge is 0.420 e. The van der Waals surface area contributed by atoms with Crippen molar-refractivity contribution in [2.75, 3.05) is 7.11 Å². The van der Waals surface area contributed by atoms with Crippen molar-refractivity contribution in [3.63, 3.8) is 0 Å². The maximum atomic E-state index is 11.8. The molecule has 2 aromatic rings. The molecule has 5 heteroatoms. The summed E-state index contributed by atoms with van der Waals surface area (Å²) in [5, 5.41) is 0. The summed E-state index contributed by atoms with van der Waals surface area (Å²) in [7, 11) is 1.61. The first-order valence-corrected chi connectivity index (χ1v) is 5.85. The van der Waals surface area contributed by atoms with Crippen LogP contribution in [0, 0.1) is 0 Å². The van der Waals surface area contributed by atoms with Crippen LogP contribution in [0.3, 0.4) is 0 Å². The van der Waals surface area contributed by atoms with Crippen molar-refractivity contribution in [3.05, 3.63) is 34.8 Å². The molecule has 0 amide bonds. The molecule has 1 aromatic heterocycles. The standard InChI is InChI=1S/C13H18N2O3/c1-13(2,17-3)11(14)8-15-9-6-4-5-7-10(9)18-12(15)16/h4-7,11H,8,14H2,1-3H3. The summed E-state index contributed by atoms with van der Waals surface area (Å²) in [5.74, 6) is -0.390. The Balaban J connectivity index is 2.38. The second-order valence-corrected chi connectivity index (χ2v) is 4.86. The van der Waals surface area contributed by atoms with Gasteiger partial charge in [-0.15, -0.1) is 0 Å². The Kier molecular flexibility index (Phi) is 3.28. The van der Waals surface area contributed by atoms with E-state index in [1.54, 1.807) is 17.7 Å². The van der Waals surface area contributed by atoms with Crippen LogP contribution in [0.2, 0.25) is 0 Å². The number of methoxy groups -OCH3 is 1. The number of nitrogens with two attached hydrogens (primary N) is 1. The van der Waals surface area contributed by atoms with Gasteiger partial charge in [0, 0.05) is 13.7 Å². The molecule has 0 spiro atoms. The van der Waals surface area contributed by atoms with Crippen molar-refractivity contribution in [1.29, 1.82) is 0 Å². The summed E-state index contributed by atoms with van der Waals surface area (Å²) < 4.78 is 12.0. The van der Waals surface area contributed by atoms with E-state index in [9.17, 15) is 4.79 Å². The van der Waals surface area contributed by atoms with E-state index in [0.29, 0.717) is 12.1 Å². The summed E-state index contributed by atoms with van der Waals surface area (Å²) in [5.41, 5.74) is 6.91. The third-order valence-electron chi connectivity index (χ3n) is 3.37. The van der Waals surface area contributed by atoms with Gasteiger partial charge in [-0.05, 0) is 26.0 Å².